The predicted molar refractivity (Wildman–Crippen MR) is 133 cm³/mol. The van der Waals surface area contributed by atoms with Gasteiger partial charge in [0.2, 0.25) is 0 Å². The molecule has 6 heteroatoms. The van der Waals surface area contributed by atoms with Crippen LogP contribution >= 0.6 is 63.7 Å². The van der Waals surface area contributed by atoms with Gasteiger partial charge in [-0.15, -0.1) is 0 Å². The molecule has 0 spiro atoms. The molecule has 0 heterocycles. The summed E-state index contributed by atoms with van der Waals surface area (Å²) >= 11 is 15.9. The third-order valence-electron chi connectivity index (χ3n) is 6.34. The Bertz CT molecular complexity index is 869. The zero-order valence-electron chi connectivity index (χ0n) is 16.6. The van der Waals surface area contributed by atoms with Gasteiger partial charge in [0.15, 0.2) is 0 Å². The van der Waals surface area contributed by atoms with E-state index in [-0.39, 0.29) is 8.65 Å². The SMILES string of the molecule is COc1c(Br)cc2cc1C1(Br)CCC1(Br)c1cc(cc(Br)c1OC)CCCCC2. The number of halogens is 4. The van der Waals surface area contributed by atoms with Gasteiger partial charge in [0.25, 0.3) is 0 Å². The van der Waals surface area contributed by atoms with Crippen molar-refractivity contribution in [2.24, 2.45) is 0 Å². The summed E-state index contributed by atoms with van der Waals surface area (Å²) in [5, 5.41) is 0. The minimum Gasteiger partial charge on any atom is -0.495 e. The van der Waals surface area contributed by atoms with E-state index in [1.165, 1.54) is 41.5 Å². The fourth-order valence-electron chi connectivity index (χ4n) is 4.69. The lowest BCUT2D eigenvalue weighted by atomic mass is 9.65. The molecule has 2 aliphatic rings. The summed E-state index contributed by atoms with van der Waals surface area (Å²) in [5.74, 6) is 1.80. The first-order chi connectivity index (χ1) is 13.8. The molecule has 2 unspecified atom stereocenters. The Morgan fingerprint density at radius 1 is 0.690 bits per heavy atom. The smallest absolute Gasteiger partial charge is 0.137 e. The summed E-state index contributed by atoms with van der Waals surface area (Å²) in [5.41, 5.74) is 5.09. The monoisotopic (exact) mass is 648 g/mol. The highest BCUT2D eigenvalue weighted by molar-refractivity contribution is 9.12. The highest BCUT2D eigenvalue weighted by Crippen LogP contribution is 2.69. The van der Waals surface area contributed by atoms with Crippen molar-refractivity contribution in [3.63, 3.8) is 0 Å². The zero-order chi connectivity index (χ0) is 20.8. The van der Waals surface area contributed by atoms with Gasteiger partial charge in [0.1, 0.15) is 11.5 Å². The van der Waals surface area contributed by atoms with Crippen molar-refractivity contribution in [3.05, 3.63) is 55.5 Å². The number of alkyl halides is 2. The van der Waals surface area contributed by atoms with Crippen molar-refractivity contribution in [1.29, 1.82) is 0 Å². The number of hydrogen-bond donors (Lipinski definition) is 0. The first-order valence-electron chi connectivity index (χ1n) is 9.95. The Kier molecular flexibility index (Phi) is 6.48. The van der Waals surface area contributed by atoms with Gasteiger partial charge in [0.05, 0.1) is 31.8 Å². The van der Waals surface area contributed by atoms with Crippen LogP contribution in [0.15, 0.2) is 33.2 Å². The van der Waals surface area contributed by atoms with Crippen molar-refractivity contribution in [1.82, 2.24) is 0 Å². The average Bonchev–Trinajstić information content (AvgIpc) is 2.70. The van der Waals surface area contributed by atoms with Crippen LogP contribution in [0.1, 0.15) is 54.4 Å². The summed E-state index contributed by atoms with van der Waals surface area (Å²) in [6.45, 7) is 0. The van der Waals surface area contributed by atoms with Crippen LogP contribution in [0.5, 0.6) is 11.5 Å². The Balaban J connectivity index is 1.98. The van der Waals surface area contributed by atoms with Crippen LogP contribution in [-0.2, 0) is 21.5 Å². The molecule has 0 aromatic heterocycles. The van der Waals surface area contributed by atoms with Gasteiger partial charge in [-0.1, -0.05) is 50.4 Å². The predicted octanol–water partition coefficient (Wildman–Crippen LogP) is 8.17. The van der Waals surface area contributed by atoms with Crippen LogP contribution in [0.3, 0.4) is 0 Å². The fourth-order valence-corrected chi connectivity index (χ4v) is 7.83. The minimum absolute atomic E-state index is 0.288. The Hall–Kier alpha value is -0.0400. The largest absolute Gasteiger partial charge is 0.495 e. The quantitative estimate of drug-likeness (QED) is 0.305. The topological polar surface area (TPSA) is 18.5 Å². The van der Waals surface area contributed by atoms with Crippen LogP contribution in [0.4, 0.5) is 0 Å². The molecule has 2 aromatic carbocycles. The lowest BCUT2D eigenvalue weighted by molar-refractivity contribution is 0.262. The highest BCUT2D eigenvalue weighted by atomic mass is 79.9. The molecule has 4 bridgehead atoms. The van der Waals surface area contributed by atoms with Crippen LogP contribution in [0.2, 0.25) is 0 Å². The average molecular weight is 652 g/mol. The Morgan fingerprint density at radius 2 is 1.10 bits per heavy atom. The van der Waals surface area contributed by atoms with E-state index in [2.05, 4.69) is 88.0 Å². The van der Waals surface area contributed by atoms with Crippen molar-refractivity contribution in [3.8, 4) is 11.5 Å². The van der Waals surface area contributed by atoms with E-state index in [4.69, 9.17) is 9.47 Å². The van der Waals surface area contributed by atoms with E-state index in [1.807, 2.05) is 0 Å². The Morgan fingerprint density at radius 3 is 1.45 bits per heavy atom. The number of benzene rings is 2. The van der Waals surface area contributed by atoms with Crippen LogP contribution in [-0.4, -0.2) is 14.2 Å². The molecule has 2 aromatic rings. The molecule has 0 N–H and O–H groups in total. The second kappa shape index (κ2) is 8.48. The van der Waals surface area contributed by atoms with Gasteiger partial charge in [-0.3, -0.25) is 0 Å². The summed E-state index contributed by atoms with van der Waals surface area (Å²) in [6.07, 6.45) is 7.78. The summed E-state index contributed by atoms with van der Waals surface area (Å²) in [4.78, 5) is 0. The van der Waals surface area contributed by atoms with Crippen LogP contribution < -0.4 is 9.47 Å². The second-order valence-corrected chi connectivity index (χ2v) is 12.4. The van der Waals surface area contributed by atoms with E-state index in [9.17, 15) is 0 Å². The molecule has 0 aliphatic heterocycles. The van der Waals surface area contributed by atoms with Gasteiger partial charge < -0.3 is 9.47 Å². The van der Waals surface area contributed by atoms with Gasteiger partial charge in [-0.25, -0.2) is 0 Å². The number of methoxy groups -OCH3 is 2. The molecule has 0 amide bonds. The molecule has 156 valence electrons. The third kappa shape index (κ3) is 3.64. The molecule has 2 atom stereocenters. The van der Waals surface area contributed by atoms with Crippen LogP contribution in [0.25, 0.3) is 0 Å². The maximum absolute atomic E-state index is 5.87. The van der Waals surface area contributed by atoms with E-state index in [0.29, 0.717) is 0 Å². The van der Waals surface area contributed by atoms with E-state index in [1.54, 1.807) is 14.2 Å². The number of ether oxygens (including phenoxy) is 2. The van der Waals surface area contributed by atoms with Crippen LogP contribution in [0, 0.1) is 0 Å². The lowest BCUT2D eigenvalue weighted by Gasteiger charge is -2.54. The highest BCUT2D eigenvalue weighted by Gasteiger charge is 2.60. The molecular weight excluding hydrogens is 628 g/mol. The summed E-state index contributed by atoms with van der Waals surface area (Å²) < 4.78 is 13.2. The molecule has 1 fully saturated rings. The van der Waals surface area contributed by atoms with Gasteiger partial charge in [0, 0.05) is 11.1 Å². The summed E-state index contributed by atoms with van der Waals surface area (Å²) in [7, 11) is 3.50. The van der Waals surface area contributed by atoms with Gasteiger partial charge in [-0.2, -0.15) is 0 Å². The fraction of sp³-hybridized carbons (Fsp3) is 0.478. The third-order valence-corrected chi connectivity index (χ3v) is 11.1. The molecular formula is C23H24Br4O2. The van der Waals surface area contributed by atoms with Crippen molar-refractivity contribution in [2.45, 2.75) is 53.6 Å². The molecule has 0 radical (unpaired) electrons. The van der Waals surface area contributed by atoms with Crippen molar-refractivity contribution < 1.29 is 9.47 Å². The van der Waals surface area contributed by atoms with E-state index >= 15 is 0 Å². The number of rotatable bonds is 2. The number of hydrogen-bond acceptors (Lipinski definition) is 2. The first-order valence-corrected chi connectivity index (χ1v) is 13.1. The molecule has 2 nitrogen and oxygen atoms in total. The van der Waals surface area contributed by atoms with Crippen molar-refractivity contribution >= 4 is 63.7 Å². The molecule has 1 saturated carbocycles. The molecule has 0 saturated heterocycles. The normalized spacial score (nSPS) is 26.3. The lowest BCUT2D eigenvalue weighted by Crippen LogP contribution is -2.50. The van der Waals surface area contributed by atoms with E-state index < -0.39 is 0 Å². The minimum atomic E-state index is -0.288. The molecule has 2 aliphatic carbocycles. The maximum Gasteiger partial charge on any atom is 0.137 e. The van der Waals surface area contributed by atoms with Gasteiger partial charge >= 0.3 is 0 Å². The number of fused-ring (bicyclic) bond motifs is 7. The van der Waals surface area contributed by atoms with E-state index in [0.717, 1.165) is 46.1 Å². The standard InChI is InChI=1S/C23H24Br4O2/c1-28-20-16-10-14(12-18(20)24)6-4-3-5-7-15-11-17(21(29-2)19(25)13-15)23(27)9-8-22(16,23)26/h10-13H,3-9H2,1-2H3. The Labute approximate surface area is 206 Å². The van der Waals surface area contributed by atoms with Crippen molar-refractivity contribution in [2.75, 3.05) is 14.2 Å². The molecule has 29 heavy (non-hydrogen) atoms. The first kappa shape index (κ1) is 22.2. The van der Waals surface area contributed by atoms with Gasteiger partial charge in [-0.05, 0) is 93.6 Å². The number of aryl methyl sites for hydroxylation is 2. The summed E-state index contributed by atoms with van der Waals surface area (Å²) in [6, 6.07) is 9.09. The second-order valence-electron chi connectivity index (χ2n) is 7.98. The maximum atomic E-state index is 5.87. The zero-order valence-corrected chi connectivity index (χ0v) is 22.9. The molecule has 4 rings (SSSR count).